The van der Waals surface area contributed by atoms with Crippen molar-refractivity contribution in [2.75, 3.05) is 6.61 Å². The van der Waals surface area contributed by atoms with E-state index < -0.39 is 0 Å². The predicted octanol–water partition coefficient (Wildman–Crippen LogP) is 4.78. The number of hydrogen-bond acceptors (Lipinski definition) is 2. The molecule has 1 aromatic heterocycles. The largest absolute Gasteiger partial charge is 0.392 e. The van der Waals surface area contributed by atoms with Gasteiger partial charge in [-0.2, -0.15) is 0 Å². The first-order valence-electron chi connectivity index (χ1n) is 6.28. The molecule has 0 bridgehead atoms. The quantitative estimate of drug-likeness (QED) is 0.851. The summed E-state index contributed by atoms with van der Waals surface area (Å²) < 4.78 is 1.18. The van der Waals surface area contributed by atoms with Crippen LogP contribution in [0.1, 0.15) is 41.9 Å². The lowest BCUT2D eigenvalue weighted by Gasteiger charge is -2.23. The molecule has 0 spiro atoms. The number of rotatable bonds is 3. The van der Waals surface area contributed by atoms with Crippen molar-refractivity contribution >= 4 is 33.3 Å². The first-order chi connectivity index (χ1) is 8.20. The average molecular weight is 315 g/mol. The van der Waals surface area contributed by atoms with Crippen LogP contribution in [0.25, 0.3) is 6.08 Å². The lowest BCUT2D eigenvalue weighted by atomic mass is 9.84. The second-order valence-corrected chi connectivity index (χ2v) is 6.91. The van der Waals surface area contributed by atoms with Crippen molar-refractivity contribution in [3.63, 3.8) is 0 Å². The number of aryl methyl sites for hydroxylation is 1. The van der Waals surface area contributed by atoms with Crippen LogP contribution >= 0.6 is 27.3 Å². The van der Waals surface area contributed by atoms with E-state index in [2.05, 4.69) is 35.0 Å². The summed E-state index contributed by atoms with van der Waals surface area (Å²) in [5, 5.41) is 9.54. The lowest BCUT2D eigenvalue weighted by Crippen LogP contribution is -2.11. The molecule has 3 heteroatoms. The highest BCUT2D eigenvalue weighted by Gasteiger charge is 2.17. The summed E-state index contributed by atoms with van der Waals surface area (Å²) in [5.74, 6) is 0.606. The number of aliphatic hydroxyl groups is 1. The first-order valence-corrected chi connectivity index (χ1v) is 7.89. The molecule has 1 aliphatic rings. The second-order valence-electron chi connectivity index (χ2n) is 4.77. The third-order valence-corrected chi connectivity index (χ3v) is 5.60. The summed E-state index contributed by atoms with van der Waals surface area (Å²) in [6.07, 6.45) is 8.68. The van der Waals surface area contributed by atoms with E-state index in [0.29, 0.717) is 5.92 Å². The van der Waals surface area contributed by atoms with Gasteiger partial charge in [0.05, 0.1) is 6.61 Å². The van der Waals surface area contributed by atoms with Crippen molar-refractivity contribution in [2.45, 2.75) is 39.0 Å². The van der Waals surface area contributed by atoms with Gasteiger partial charge in [0.2, 0.25) is 0 Å². The van der Waals surface area contributed by atoms with E-state index in [1.807, 2.05) is 0 Å². The third kappa shape index (κ3) is 3.43. The van der Waals surface area contributed by atoms with Crippen molar-refractivity contribution in [1.82, 2.24) is 0 Å². The number of thiophene rings is 1. The predicted molar refractivity (Wildman–Crippen MR) is 78.4 cm³/mol. The van der Waals surface area contributed by atoms with Gasteiger partial charge in [0.15, 0.2) is 0 Å². The Labute approximate surface area is 116 Å². The molecule has 1 aliphatic carbocycles. The Kier molecular flexibility index (Phi) is 4.83. The fourth-order valence-electron chi connectivity index (χ4n) is 2.50. The summed E-state index contributed by atoms with van der Waals surface area (Å²) in [6.45, 7) is 2.32. The van der Waals surface area contributed by atoms with Gasteiger partial charge in [0.25, 0.3) is 0 Å². The number of halogens is 1. The Morgan fingerprint density at radius 2 is 2.18 bits per heavy atom. The molecule has 1 aromatic rings. The van der Waals surface area contributed by atoms with Gasteiger partial charge in [0, 0.05) is 14.2 Å². The van der Waals surface area contributed by atoms with Gasteiger partial charge in [-0.1, -0.05) is 19.3 Å². The molecule has 1 N–H and O–H groups in total. The first kappa shape index (κ1) is 13.3. The summed E-state index contributed by atoms with van der Waals surface area (Å²) in [5.41, 5.74) is 1.22. The van der Waals surface area contributed by atoms with Crippen molar-refractivity contribution in [3.8, 4) is 0 Å². The van der Waals surface area contributed by atoms with Crippen molar-refractivity contribution < 1.29 is 5.11 Å². The number of hydrogen-bond donors (Lipinski definition) is 1. The van der Waals surface area contributed by atoms with Crippen molar-refractivity contribution in [1.29, 1.82) is 0 Å². The molecular weight excluding hydrogens is 296 g/mol. The Balaban J connectivity index is 2.16. The van der Waals surface area contributed by atoms with Gasteiger partial charge in [-0.05, 0) is 59.3 Å². The molecule has 0 radical (unpaired) electrons. The molecule has 0 aromatic carbocycles. The van der Waals surface area contributed by atoms with Gasteiger partial charge < -0.3 is 5.11 Å². The Morgan fingerprint density at radius 3 is 2.71 bits per heavy atom. The van der Waals surface area contributed by atoms with Crippen LogP contribution in [-0.4, -0.2) is 11.7 Å². The fourth-order valence-corrected chi connectivity index (χ4v) is 4.04. The highest BCUT2D eigenvalue weighted by atomic mass is 79.9. The SMILES string of the molecule is Cc1sc(/C=C(/CO)C2CCCCC2)cc1Br. The van der Waals surface area contributed by atoms with E-state index >= 15 is 0 Å². The van der Waals surface area contributed by atoms with Crippen LogP contribution in [-0.2, 0) is 0 Å². The maximum Gasteiger partial charge on any atom is 0.0648 e. The van der Waals surface area contributed by atoms with Gasteiger partial charge in [-0.15, -0.1) is 11.3 Å². The second kappa shape index (κ2) is 6.17. The Bertz CT molecular complexity index is 383. The molecule has 1 saturated carbocycles. The van der Waals surface area contributed by atoms with Crippen LogP contribution in [0.2, 0.25) is 0 Å². The van der Waals surface area contributed by atoms with E-state index in [-0.39, 0.29) is 6.61 Å². The van der Waals surface area contributed by atoms with E-state index in [0.717, 1.165) is 0 Å². The third-order valence-electron chi connectivity index (χ3n) is 3.52. The Morgan fingerprint density at radius 1 is 1.47 bits per heavy atom. The molecule has 1 heterocycles. The summed E-state index contributed by atoms with van der Waals surface area (Å²) in [4.78, 5) is 2.56. The zero-order chi connectivity index (χ0) is 12.3. The molecule has 0 atom stereocenters. The molecule has 0 amide bonds. The highest BCUT2D eigenvalue weighted by molar-refractivity contribution is 9.10. The zero-order valence-corrected chi connectivity index (χ0v) is 12.6. The van der Waals surface area contributed by atoms with Crippen LogP contribution in [0.5, 0.6) is 0 Å². The van der Waals surface area contributed by atoms with Crippen LogP contribution in [0.4, 0.5) is 0 Å². The standard InChI is InChI=1S/C14H19BrOS/c1-10-14(15)8-13(17-10)7-12(9-16)11-5-3-2-4-6-11/h7-8,11,16H,2-6,9H2,1H3/b12-7-. The molecule has 0 saturated heterocycles. The van der Waals surface area contributed by atoms with E-state index in [1.54, 1.807) is 11.3 Å². The van der Waals surface area contributed by atoms with Crippen LogP contribution in [0.15, 0.2) is 16.1 Å². The zero-order valence-electron chi connectivity index (χ0n) is 10.2. The van der Waals surface area contributed by atoms with Gasteiger partial charge in [-0.25, -0.2) is 0 Å². The monoisotopic (exact) mass is 314 g/mol. The fraction of sp³-hybridized carbons (Fsp3) is 0.571. The van der Waals surface area contributed by atoms with E-state index in [9.17, 15) is 5.11 Å². The normalized spacial score (nSPS) is 18.6. The minimum absolute atomic E-state index is 0.208. The maximum atomic E-state index is 9.54. The molecule has 1 fully saturated rings. The number of aliphatic hydroxyl groups excluding tert-OH is 1. The highest BCUT2D eigenvalue weighted by Crippen LogP contribution is 2.33. The van der Waals surface area contributed by atoms with Crippen LogP contribution in [0, 0.1) is 12.8 Å². The molecule has 0 aliphatic heterocycles. The average Bonchev–Trinajstić information content (AvgIpc) is 2.67. The molecule has 0 unspecified atom stereocenters. The molecule has 1 nitrogen and oxygen atoms in total. The topological polar surface area (TPSA) is 20.2 Å². The molecule has 17 heavy (non-hydrogen) atoms. The molecular formula is C14H19BrOS. The van der Waals surface area contributed by atoms with Crippen LogP contribution in [0.3, 0.4) is 0 Å². The van der Waals surface area contributed by atoms with Gasteiger partial charge in [0.1, 0.15) is 0 Å². The van der Waals surface area contributed by atoms with E-state index in [1.165, 1.54) is 51.9 Å². The Hall–Kier alpha value is -0.120. The summed E-state index contributed by atoms with van der Waals surface area (Å²) >= 11 is 5.33. The minimum Gasteiger partial charge on any atom is -0.392 e. The maximum absolute atomic E-state index is 9.54. The van der Waals surface area contributed by atoms with Gasteiger partial charge >= 0.3 is 0 Å². The molecule has 2 rings (SSSR count). The summed E-state index contributed by atoms with van der Waals surface area (Å²) in [7, 11) is 0. The van der Waals surface area contributed by atoms with Crippen molar-refractivity contribution in [3.05, 3.63) is 25.9 Å². The van der Waals surface area contributed by atoms with Crippen molar-refractivity contribution in [2.24, 2.45) is 5.92 Å². The smallest absolute Gasteiger partial charge is 0.0648 e. The lowest BCUT2D eigenvalue weighted by molar-refractivity contribution is 0.295. The molecule has 94 valence electrons. The summed E-state index contributed by atoms with van der Waals surface area (Å²) in [6, 6.07) is 2.15. The van der Waals surface area contributed by atoms with Crippen LogP contribution < -0.4 is 0 Å². The van der Waals surface area contributed by atoms with Gasteiger partial charge in [-0.3, -0.25) is 0 Å². The minimum atomic E-state index is 0.208. The van der Waals surface area contributed by atoms with E-state index in [4.69, 9.17) is 0 Å².